The molecule has 5 heteroatoms. The van der Waals surface area contributed by atoms with Crippen molar-refractivity contribution >= 4 is 0 Å². The number of rotatable bonds is 2. The van der Waals surface area contributed by atoms with Crippen LogP contribution >= 0.6 is 0 Å². The maximum absolute atomic E-state index is 11.5. The highest BCUT2D eigenvalue weighted by atomic mass is 19.4. The normalized spacial score (nSPS) is 18.6. The third kappa shape index (κ3) is 4.58. The Labute approximate surface area is 57.0 Å². The molecule has 0 aliphatic carbocycles. The minimum Gasteiger partial charge on any atom is -0.376 e. The van der Waals surface area contributed by atoms with Gasteiger partial charge in [-0.05, 0) is 14.0 Å². The lowest BCUT2D eigenvalue weighted by Crippen LogP contribution is -2.43. The van der Waals surface area contributed by atoms with Gasteiger partial charge in [0.05, 0.1) is 6.42 Å². The van der Waals surface area contributed by atoms with Crippen LogP contribution in [0, 0.1) is 0 Å². The second-order valence-electron chi connectivity index (χ2n) is 2.32. The van der Waals surface area contributed by atoms with Crippen molar-refractivity contribution in [1.82, 2.24) is 5.32 Å². The van der Waals surface area contributed by atoms with E-state index < -0.39 is 18.3 Å². The first-order valence-corrected chi connectivity index (χ1v) is 2.75. The molecule has 0 aromatic heterocycles. The molecule has 2 nitrogen and oxygen atoms in total. The van der Waals surface area contributed by atoms with Crippen LogP contribution in [-0.2, 0) is 0 Å². The summed E-state index contributed by atoms with van der Waals surface area (Å²) in [6.45, 7) is 1.07. The Morgan fingerprint density at radius 1 is 1.40 bits per heavy atom. The number of hydrogen-bond donors (Lipinski definition) is 2. The molecule has 0 amide bonds. The van der Waals surface area contributed by atoms with Crippen LogP contribution in [0.3, 0.4) is 0 Å². The molecule has 0 aromatic carbocycles. The minimum absolute atomic E-state index is 1.07. The van der Waals surface area contributed by atoms with Gasteiger partial charge in [-0.1, -0.05) is 0 Å². The van der Waals surface area contributed by atoms with Crippen LogP contribution in [0.5, 0.6) is 0 Å². The van der Waals surface area contributed by atoms with E-state index in [1.54, 1.807) is 0 Å². The van der Waals surface area contributed by atoms with Gasteiger partial charge in [0.2, 0.25) is 0 Å². The van der Waals surface area contributed by atoms with Crippen molar-refractivity contribution in [2.75, 3.05) is 7.05 Å². The Hall–Kier alpha value is -0.290. The zero-order valence-electron chi connectivity index (χ0n) is 5.79. The fourth-order valence-corrected chi connectivity index (χ4v) is 0.479. The highest BCUT2D eigenvalue weighted by Gasteiger charge is 2.36. The van der Waals surface area contributed by atoms with E-state index in [0.29, 0.717) is 0 Å². The fraction of sp³-hybridized carbons (Fsp3) is 1.00. The van der Waals surface area contributed by atoms with Crippen LogP contribution < -0.4 is 5.32 Å². The van der Waals surface area contributed by atoms with Crippen molar-refractivity contribution in [1.29, 1.82) is 0 Å². The smallest absolute Gasteiger partial charge is 0.376 e. The topological polar surface area (TPSA) is 32.3 Å². The number of aliphatic hydroxyl groups is 1. The first-order valence-electron chi connectivity index (χ1n) is 2.75. The summed E-state index contributed by atoms with van der Waals surface area (Å²) in [5.74, 6) is 0. The third-order valence-electron chi connectivity index (χ3n) is 1.08. The van der Waals surface area contributed by atoms with Crippen LogP contribution in [0.4, 0.5) is 13.2 Å². The summed E-state index contributed by atoms with van der Waals surface area (Å²) in [5.41, 5.74) is -1.85. The molecule has 0 saturated carbocycles. The van der Waals surface area contributed by atoms with Crippen molar-refractivity contribution in [3.05, 3.63) is 0 Å². The quantitative estimate of drug-likeness (QED) is 0.583. The van der Waals surface area contributed by atoms with E-state index in [1.165, 1.54) is 7.05 Å². The average molecular weight is 157 g/mol. The molecule has 1 unspecified atom stereocenters. The molecule has 0 aromatic rings. The van der Waals surface area contributed by atoms with E-state index in [1.807, 2.05) is 0 Å². The van der Waals surface area contributed by atoms with Gasteiger partial charge in [0.1, 0.15) is 5.72 Å². The van der Waals surface area contributed by atoms with Gasteiger partial charge >= 0.3 is 6.18 Å². The van der Waals surface area contributed by atoms with Gasteiger partial charge in [0.15, 0.2) is 0 Å². The molecule has 0 aliphatic heterocycles. The first kappa shape index (κ1) is 9.71. The standard InChI is InChI=1S/C5H10F3NO/c1-4(10,9-2)3-5(6,7)8/h9-10H,3H2,1-2H3. The summed E-state index contributed by atoms with van der Waals surface area (Å²) in [4.78, 5) is 0. The molecule has 0 heterocycles. The summed E-state index contributed by atoms with van der Waals surface area (Å²) < 4.78 is 34.6. The van der Waals surface area contributed by atoms with E-state index in [2.05, 4.69) is 5.32 Å². The van der Waals surface area contributed by atoms with E-state index in [9.17, 15) is 13.2 Å². The minimum atomic E-state index is -4.33. The molecule has 0 fully saturated rings. The summed E-state index contributed by atoms with van der Waals surface area (Å²) in [7, 11) is 1.27. The molecule has 2 N–H and O–H groups in total. The summed E-state index contributed by atoms with van der Waals surface area (Å²) in [5, 5.41) is 11.0. The van der Waals surface area contributed by atoms with Gasteiger partial charge in [-0.2, -0.15) is 13.2 Å². The molecule has 1 atom stereocenters. The van der Waals surface area contributed by atoms with Crippen molar-refractivity contribution in [3.8, 4) is 0 Å². The molecule has 10 heavy (non-hydrogen) atoms. The predicted octanol–water partition coefficient (Wildman–Crippen LogP) is 0.867. The molecule has 0 spiro atoms. The summed E-state index contributed by atoms with van der Waals surface area (Å²) in [6, 6.07) is 0. The summed E-state index contributed by atoms with van der Waals surface area (Å²) in [6.07, 6.45) is -5.57. The van der Waals surface area contributed by atoms with Gasteiger partial charge in [-0.3, -0.25) is 5.32 Å². The van der Waals surface area contributed by atoms with E-state index in [4.69, 9.17) is 5.11 Å². The van der Waals surface area contributed by atoms with Crippen LogP contribution in [-0.4, -0.2) is 24.1 Å². The van der Waals surface area contributed by atoms with E-state index in [0.717, 1.165) is 6.92 Å². The SMILES string of the molecule is CNC(C)(O)CC(F)(F)F. The number of alkyl halides is 3. The van der Waals surface area contributed by atoms with Crippen LogP contribution in [0.15, 0.2) is 0 Å². The maximum Gasteiger partial charge on any atom is 0.393 e. The molecule has 0 rings (SSSR count). The van der Waals surface area contributed by atoms with Crippen LogP contribution in [0.1, 0.15) is 13.3 Å². The number of hydrogen-bond acceptors (Lipinski definition) is 2. The Morgan fingerprint density at radius 2 is 1.80 bits per heavy atom. The Morgan fingerprint density at radius 3 is 1.90 bits per heavy atom. The van der Waals surface area contributed by atoms with Crippen molar-refractivity contribution in [2.45, 2.75) is 25.2 Å². The van der Waals surface area contributed by atoms with E-state index in [-0.39, 0.29) is 0 Å². The lowest BCUT2D eigenvalue weighted by molar-refractivity contribution is -0.177. The third-order valence-corrected chi connectivity index (χ3v) is 1.08. The van der Waals surface area contributed by atoms with Gasteiger partial charge in [0, 0.05) is 0 Å². The fourth-order valence-electron chi connectivity index (χ4n) is 0.479. The molecule has 0 aliphatic rings. The molecular weight excluding hydrogens is 147 g/mol. The van der Waals surface area contributed by atoms with Crippen molar-refractivity contribution < 1.29 is 18.3 Å². The molecule has 0 bridgehead atoms. The monoisotopic (exact) mass is 157 g/mol. The van der Waals surface area contributed by atoms with Gasteiger partial charge < -0.3 is 5.11 Å². The Bertz CT molecular complexity index is 110. The highest BCUT2D eigenvalue weighted by molar-refractivity contribution is 4.70. The molecule has 0 radical (unpaired) electrons. The first-order chi connectivity index (χ1) is 4.27. The maximum atomic E-state index is 11.5. The van der Waals surface area contributed by atoms with Crippen molar-refractivity contribution in [2.24, 2.45) is 0 Å². The van der Waals surface area contributed by atoms with Crippen LogP contribution in [0.25, 0.3) is 0 Å². The van der Waals surface area contributed by atoms with Crippen molar-refractivity contribution in [3.63, 3.8) is 0 Å². The predicted molar refractivity (Wildman–Crippen MR) is 30.4 cm³/mol. The zero-order valence-corrected chi connectivity index (χ0v) is 5.79. The number of nitrogens with one attached hydrogen (secondary N) is 1. The lowest BCUT2D eigenvalue weighted by atomic mass is 10.2. The average Bonchev–Trinajstić information content (AvgIpc) is 1.60. The Kier molecular flexibility index (Phi) is 2.67. The largest absolute Gasteiger partial charge is 0.393 e. The second-order valence-corrected chi connectivity index (χ2v) is 2.32. The van der Waals surface area contributed by atoms with Crippen LogP contribution in [0.2, 0.25) is 0 Å². The lowest BCUT2D eigenvalue weighted by Gasteiger charge is -2.23. The molecular formula is C5H10F3NO. The van der Waals surface area contributed by atoms with Gasteiger partial charge in [0.25, 0.3) is 0 Å². The zero-order chi connectivity index (χ0) is 8.41. The van der Waals surface area contributed by atoms with Gasteiger partial charge in [-0.15, -0.1) is 0 Å². The van der Waals surface area contributed by atoms with E-state index >= 15 is 0 Å². The number of halogens is 3. The summed E-state index contributed by atoms with van der Waals surface area (Å²) >= 11 is 0. The Balaban J connectivity index is 3.89. The van der Waals surface area contributed by atoms with Gasteiger partial charge in [-0.25, -0.2) is 0 Å². The highest BCUT2D eigenvalue weighted by Crippen LogP contribution is 2.25. The second kappa shape index (κ2) is 2.75. The molecule has 0 saturated heterocycles. The molecule has 62 valence electrons.